The van der Waals surface area contributed by atoms with Crippen LogP contribution >= 0.6 is 0 Å². The summed E-state index contributed by atoms with van der Waals surface area (Å²) in [6.07, 6.45) is 4.14. The van der Waals surface area contributed by atoms with Crippen LogP contribution in [0.3, 0.4) is 0 Å². The van der Waals surface area contributed by atoms with E-state index >= 15 is 0 Å². The number of aliphatic hydroxyl groups is 1. The van der Waals surface area contributed by atoms with Gasteiger partial charge in [0.1, 0.15) is 5.82 Å². The van der Waals surface area contributed by atoms with Crippen molar-refractivity contribution in [3.8, 4) is 0 Å². The van der Waals surface area contributed by atoms with Gasteiger partial charge in [-0.05, 0) is 49.9 Å². The first-order valence-corrected chi connectivity index (χ1v) is 6.81. The zero-order chi connectivity index (χ0) is 13.0. The fourth-order valence-corrected chi connectivity index (χ4v) is 2.85. The normalized spacial score (nSPS) is 28.3. The summed E-state index contributed by atoms with van der Waals surface area (Å²) in [5.74, 6) is -0.225. The van der Waals surface area contributed by atoms with Gasteiger partial charge in [0.25, 0.3) is 0 Å². The molecule has 18 heavy (non-hydrogen) atoms. The van der Waals surface area contributed by atoms with Crippen LogP contribution in [-0.2, 0) is 6.42 Å². The first-order chi connectivity index (χ1) is 8.61. The Morgan fingerprint density at radius 2 is 2.11 bits per heavy atom. The Morgan fingerprint density at radius 1 is 1.39 bits per heavy atom. The Balaban J connectivity index is 1.93. The highest BCUT2D eigenvalue weighted by Gasteiger charge is 2.32. The molecule has 0 saturated heterocycles. The third kappa shape index (κ3) is 3.53. The molecule has 2 rings (SSSR count). The Labute approximate surface area is 108 Å². The van der Waals surface area contributed by atoms with Crippen LogP contribution in [-0.4, -0.2) is 23.3 Å². The number of nitrogens with one attached hydrogen (secondary N) is 1. The Morgan fingerprint density at radius 3 is 2.72 bits per heavy atom. The predicted molar refractivity (Wildman–Crippen MR) is 71.0 cm³/mol. The minimum absolute atomic E-state index is 0.225. The van der Waals surface area contributed by atoms with Crippen LogP contribution < -0.4 is 5.32 Å². The number of benzene rings is 1. The van der Waals surface area contributed by atoms with Crippen LogP contribution in [0.4, 0.5) is 4.39 Å². The van der Waals surface area contributed by atoms with Crippen LogP contribution in [0.1, 0.15) is 38.2 Å². The highest BCUT2D eigenvalue weighted by molar-refractivity contribution is 5.18. The summed E-state index contributed by atoms with van der Waals surface area (Å²) in [7, 11) is 0. The second kappa shape index (κ2) is 5.81. The molecule has 2 N–H and O–H groups in total. The number of hydrogen-bond acceptors (Lipinski definition) is 2. The lowest BCUT2D eigenvalue weighted by atomic mass is 9.78. The molecule has 1 aliphatic carbocycles. The van der Waals surface area contributed by atoms with Crippen molar-refractivity contribution in [3.63, 3.8) is 0 Å². The monoisotopic (exact) mass is 251 g/mol. The third-order valence-corrected chi connectivity index (χ3v) is 3.83. The summed E-state index contributed by atoms with van der Waals surface area (Å²) in [6, 6.07) is 7.09. The first kappa shape index (κ1) is 13.5. The molecule has 1 aliphatic rings. The van der Waals surface area contributed by atoms with Gasteiger partial charge >= 0.3 is 0 Å². The summed E-state index contributed by atoms with van der Waals surface area (Å²) in [5.41, 5.74) is 0.235. The number of rotatable bonds is 4. The molecule has 0 amide bonds. The van der Waals surface area contributed by atoms with E-state index in [1.807, 2.05) is 6.07 Å². The molecule has 1 aromatic rings. The maximum atomic E-state index is 13.1. The topological polar surface area (TPSA) is 32.3 Å². The summed E-state index contributed by atoms with van der Waals surface area (Å²) in [5, 5.41) is 14.0. The first-order valence-electron chi connectivity index (χ1n) is 6.81. The van der Waals surface area contributed by atoms with E-state index in [4.69, 9.17) is 0 Å². The van der Waals surface area contributed by atoms with Crippen molar-refractivity contribution in [2.75, 3.05) is 6.54 Å². The maximum Gasteiger partial charge on any atom is 0.123 e. The van der Waals surface area contributed by atoms with Gasteiger partial charge in [0.2, 0.25) is 0 Å². The van der Waals surface area contributed by atoms with Gasteiger partial charge in [-0.2, -0.15) is 0 Å². The van der Waals surface area contributed by atoms with Crippen molar-refractivity contribution >= 4 is 0 Å². The molecule has 0 spiro atoms. The highest BCUT2D eigenvalue weighted by atomic mass is 19.1. The lowest BCUT2D eigenvalue weighted by molar-refractivity contribution is -0.00298. The summed E-state index contributed by atoms with van der Waals surface area (Å²) >= 11 is 0. The largest absolute Gasteiger partial charge is 0.390 e. The SMILES string of the molecule is CCNC1CCC(O)(Cc2cccc(F)c2)CC1. The number of halogens is 1. The van der Waals surface area contributed by atoms with Crippen molar-refractivity contribution in [2.45, 2.75) is 50.7 Å². The Kier molecular flexibility index (Phi) is 4.36. The van der Waals surface area contributed by atoms with E-state index < -0.39 is 5.60 Å². The zero-order valence-corrected chi connectivity index (χ0v) is 11.0. The molecule has 1 fully saturated rings. The summed E-state index contributed by atoms with van der Waals surface area (Å²) < 4.78 is 13.1. The number of hydrogen-bond donors (Lipinski definition) is 2. The van der Waals surface area contributed by atoms with Gasteiger partial charge in [-0.3, -0.25) is 0 Å². The standard InChI is InChI=1S/C15H22FNO/c1-2-17-14-6-8-15(18,9-7-14)11-12-4-3-5-13(16)10-12/h3-5,10,14,17-18H,2,6-9,11H2,1H3. The predicted octanol–water partition coefficient (Wildman–Crippen LogP) is 2.65. The van der Waals surface area contributed by atoms with Crippen LogP contribution in [0.15, 0.2) is 24.3 Å². The van der Waals surface area contributed by atoms with Crippen molar-refractivity contribution in [2.24, 2.45) is 0 Å². The van der Waals surface area contributed by atoms with E-state index in [0.717, 1.165) is 37.8 Å². The van der Waals surface area contributed by atoms with Gasteiger partial charge in [-0.25, -0.2) is 4.39 Å². The van der Waals surface area contributed by atoms with Crippen molar-refractivity contribution in [1.29, 1.82) is 0 Å². The van der Waals surface area contributed by atoms with Gasteiger partial charge in [-0.15, -0.1) is 0 Å². The fourth-order valence-electron chi connectivity index (χ4n) is 2.85. The smallest absolute Gasteiger partial charge is 0.123 e. The third-order valence-electron chi connectivity index (χ3n) is 3.83. The molecule has 100 valence electrons. The van der Waals surface area contributed by atoms with Crippen LogP contribution in [0, 0.1) is 5.82 Å². The van der Waals surface area contributed by atoms with Gasteiger partial charge in [0.05, 0.1) is 5.60 Å². The van der Waals surface area contributed by atoms with E-state index in [-0.39, 0.29) is 5.82 Å². The lowest BCUT2D eigenvalue weighted by Crippen LogP contribution is -2.42. The Bertz CT molecular complexity index is 386. The quantitative estimate of drug-likeness (QED) is 0.862. The maximum absolute atomic E-state index is 13.1. The van der Waals surface area contributed by atoms with Gasteiger partial charge in [0, 0.05) is 12.5 Å². The second-order valence-electron chi connectivity index (χ2n) is 5.36. The molecular formula is C15H22FNO. The van der Waals surface area contributed by atoms with E-state index in [1.165, 1.54) is 12.1 Å². The Hall–Kier alpha value is -0.930. The highest BCUT2D eigenvalue weighted by Crippen LogP contribution is 2.31. The minimum Gasteiger partial charge on any atom is -0.390 e. The minimum atomic E-state index is -0.653. The van der Waals surface area contributed by atoms with E-state index in [0.29, 0.717) is 12.5 Å². The second-order valence-corrected chi connectivity index (χ2v) is 5.36. The molecule has 0 bridgehead atoms. The van der Waals surface area contributed by atoms with Crippen LogP contribution in [0.5, 0.6) is 0 Å². The zero-order valence-electron chi connectivity index (χ0n) is 11.0. The van der Waals surface area contributed by atoms with Crippen molar-refractivity contribution in [3.05, 3.63) is 35.6 Å². The molecule has 0 aliphatic heterocycles. The molecule has 1 saturated carbocycles. The van der Waals surface area contributed by atoms with Gasteiger partial charge in [0.15, 0.2) is 0 Å². The molecule has 1 aromatic carbocycles. The van der Waals surface area contributed by atoms with E-state index in [1.54, 1.807) is 6.07 Å². The van der Waals surface area contributed by atoms with E-state index in [2.05, 4.69) is 12.2 Å². The average molecular weight is 251 g/mol. The van der Waals surface area contributed by atoms with Crippen LogP contribution in [0.25, 0.3) is 0 Å². The average Bonchev–Trinajstić information content (AvgIpc) is 2.32. The summed E-state index contributed by atoms with van der Waals surface area (Å²) in [6.45, 7) is 3.08. The summed E-state index contributed by atoms with van der Waals surface area (Å²) in [4.78, 5) is 0. The molecule has 0 atom stereocenters. The molecule has 0 heterocycles. The van der Waals surface area contributed by atoms with Crippen LogP contribution in [0.2, 0.25) is 0 Å². The van der Waals surface area contributed by atoms with Crippen molar-refractivity contribution < 1.29 is 9.50 Å². The molecule has 0 unspecified atom stereocenters. The lowest BCUT2D eigenvalue weighted by Gasteiger charge is -2.36. The molecule has 3 heteroatoms. The molecule has 2 nitrogen and oxygen atoms in total. The van der Waals surface area contributed by atoms with Gasteiger partial charge in [-0.1, -0.05) is 19.1 Å². The molecule has 0 aromatic heterocycles. The van der Waals surface area contributed by atoms with Crippen molar-refractivity contribution in [1.82, 2.24) is 5.32 Å². The fraction of sp³-hybridized carbons (Fsp3) is 0.600. The molecule has 0 radical (unpaired) electrons. The van der Waals surface area contributed by atoms with Gasteiger partial charge < -0.3 is 10.4 Å². The van der Waals surface area contributed by atoms with E-state index in [9.17, 15) is 9.50 Å². The molecular weight excluding hydrogens is 229 g/mol.